The summed E-state index contributed by atoms with van der Waals surface area (Å²) in [7, 11) is 0. The van der Waals surface area contributed by atoms with Gasteiger partial charge in [-0.3, -0.25) is 4.79 Å². The van der Waals surface area contributed by atoms with E-state index in [1.807, 2.05) is 12.1 Å². The summed E-state index contributed by atoms with van der Waals surface area (Å²) in [6.45, 7) is 5.28. The highest BCUT2D eigenvalue weighted by atomic mass is 16.6. The fourth-order valence-corrected chi connectivity index (χ4v) is 5.26. The number of aliphatic hydroxyl groups is 2. The van der Waals surface area contributed by atoms with E-state index in [0.29, 0.717) is 17.4 Å². The van der Waals surface area contributed by atoms with Crippen LogP contribution in [0, 0.1) is 5.92 Å². The van der Waals surface area contributed by atoms with E-state index in [0.717, 1.165) is 17.0 Å². The van der Waals surface area contributed by atoms with Gasteiger partial charge in [-0.05, 0) is 66.3 Å². The molecule has 1 aliphatic carbocycles. The number of aliphatic hydroxyl groups excluding tert-OH is 2. The van der Waals surface area contributed by atoms with E-state index in [1.54, 1.807) is 6.07 Å². The minimum atomic E-state index is -0.667. The molecule has 1 fully saturated rings. The van der Waals surface area contributed by atoms with Crippen LogP contribution >= 0.6 is 0 Å². The molecule has 2 aromatic rings. The van der Waals surface area contributed by atoms with Gasteiger partial charge in [0.15, 0.2) is 0 Å². The van der Waals surface area contributed by atoms with Gasteiger partial charge in [-0.25, -0.2) is 4.79 Å². The maximum atomic E-state index is 11.7. The number of hydrogen-bond donors (Lipinski definition) is 2. The van der Waals surface area contributed by atoms with E-state index in [9.17, 15) is 9.59 Å². The lowest BCUT2D eigenvalue weighted by Gasteiger charge is -2.29. The molecule has 8 heteroatoms. The second kappa shape index (κ2) is 18.2. The molecule has 0 unspecified atom stereocenters. The predicted molar refractivity (Wildman–Crippen MR) is 162 cm³/mol. The molecular formula is C34H46O8. The number of carbonyl (C=O) groups is 2. The number of ether oxygens (including phenoxy) is 4. The lowest BCUT2D eigenvalue weighted by atomic mass is 9.77. The minimum Gasteiger partial charge on any atom is -0.490 e. The maximum Gasteiger partial charge on any atom is 0.335 e. The third-order valence-corrected chi connectivity index (χ3v) is 7.65. The van der Waals surface area contributed by atoms with Gasteiger partial charge in [0, 0.05) is 6.07 Å². The Labute approximate surface area is 249 Å². The summed E-state index contributed by atoms with van der Waals surface area (Å²) in [4.78, 5) is 23.2. The Kier molecular flexibility index (Phi) is 14.4. The van der Waals surface area contributed by atoms with E-state index < -0.39 is 18.5 Å². The van der Waals surface area contributed by atoms with Gasteiger partial charge in [-0.15, -0.1) is 0 Å². The topological polar surface area (TPSA) is 112 Å². The van der Waals surface area contributed by atoms with E-state index in [4.69, 9.17) is 29.2 Å². The molecule has 0 saturated heterocycles. The first-order valence-corrected chi connectivity index (χ1v) is 15.2. The van der Waals surface area contributed by atoms with Crippen LogP contribution in [-0.2, 0) is 19.1 Å². The Morgan fingerprint density at radius 1 is 0.833 bits per heavy atom. The highest BCUT2D eigenvalue weighted by Crippen LogP contribution is 2.38. The van der Waals surface area contributed by atoms with Crippen molar-refractivity contribution in [3.63, 3.8) is 0 Å². The van der Waals surface area contributed by atoms with Gasteiger partial charge in [0.1, 0.15) is 37.9 Å². The molecule has 0 heterocycles. The molecule has 42 heavy (non-hydrogen) atoms. The van der Waals surface area contributed by atoms with Crippen LogP contribution in [0.15, 0.2) is 54.6 Å². The van der Waals surface area contributed by atoms with E-state index >= 15 is 0 Å². The number of hydrogen-bond acceptors (Lipinski definition) is 8. The zero-order valence-electron chi connectivity index (χ0n) is 24.9. The fourth-order valence-electron chi connectivity index (χ4n) is 5.26. The van der Waals surface area contributed by atoms with Crippen molar-refractivity contribution in [3.05, 3.63) is 60.2 Å². The molecule has 0 amide bonds. The Morgan fingerprint density at radius 2 is 1.48 bits per heavy atom. The predicted octanol–water partition coefficient (Wildman–Crippen LogP) is 5.98. The SMILES string of the molecule is C=C(CO)C(=O)OCCOc1cc(OCCOC(=O)CCO)cc(-c2ccc(C3CCC(CCCCC)CC3)cc2)c1. The van der Waals surface area contributed by atoms with Gasteiger partial charge in [0.2, 0.25) is 0 Å². The van der Waals surface area contributed by atoms with Crippen molar-refractivity contribution in [1.29, 1.82) is 0 Å². The third-order valence-electron chi connectivity index (χ3n) is 7.65. The van der Waals surface area contributed by atoms with Crippen LogP contribution in [0.4, 0.5) is 0 Å². The summed E-state index contributed by atoms with van der Waals surface area (Å²) in [5.74, 6) is 1.40. The van der Waals surface area contributed by atoms with Crippen molar-refractivity contribution in [1.82, 2.24) is 0 Å². The Morgan fingerprint density at radius 3 is 2.07 bits per heavy atom. The van der Waals surface area contributed by atoms with Gasteiger partial charge in [0.25, 0.3) is 0 Å². The van der Waals surface area contributed by atoms with Crippen molar-refractivity contribution in [3.8, 4) is 22.6 Å². The van der Waals surface area contributed by atoms with Crippen LogP contribution in [-0.4, -0.2) is 61.8 Å². The molecule has 0 aliphatic heterocycles. The van der Waals surface area contributed by atoms with Gasteiger partial charge in [-0.1, -0.05) is 63.5 Å². The quantitative estimate of drug-likeness (QED) is 0.125. The molecule has 0 atom stereocenters. The molecule has 3 rings (SSSR count). The lowest BCUT2D eigenvalue weighted by molar-refractivity contribution is -0.145. The number of carbonyl (C=O) groups excluding carboxylic acids is 2. The average Bonchev–Trinajstić information content (AvgIpc) is 3.01. The van der Waals surface area contributed by atoms with Crippen LogP contribution in [0.1, 0.15) is 76.2 Å². The van der Waals surface area contributed by atoms with Crippen LogP contribution in [0.3, 0.4) is 0 Å². The minimum absolute atomic E-state index is 0.00533. The Balaban J connectivity index is 1.64. The maximum absolute atomic E-state index is 11.7. The normalized spacial score (nSPS) is 16.5. The number of unbranched alkanes of at least 4 members (excludes halogenated alkanes) is 2. The standard InChI is InChI=1S/C34H46O8/c1-3-4-5-6-26-7-9-27(10-8-26)28-11-13-29(14-12-28)30-21-31(39-17-19-41-33(37)15-16-35)23-32(22-30)40-18-20-42-34(38)25(2)24-36/h11-14,21-23,26-27,35-36H,2-10,15-20,24H2,1H3. The molecule has 1 saturated carbocycles. The third kappa shape index (κ3) is 11.1. The number of esters is 2. The molecule has 0 bridgehead atoms. The molecule has 1 aliphatic rings. The molecule has 230 valence electrons. The van der Waals surface area contributed by atoms with Crippen molar-refractivity contribution in [2.45, 2.75) is 70.6 Å². The van der Waals surface area contributed by atoms with E-state index in [-0.39, 0.29) is 45.0 Å². The average molecular weight is 583 g/mol. The highest BCUT2D eigenvalue weighted by molar-refractivity contribution is 5.87. The molecule has 8 nitrogen and oxygen atoms in total. The van der Waals surface area contributed by atoms with E-state index in [2.05, 4.69) is 37.8 Å². The molecule has 2 aromatic carbocycles. The zero-order chi connectivity index (χ0) is 30.2. The van der Waals surface area contributed by atoms with Gasteiger partial charge >= 0.3 is 11.9 Å². The van der Waals surface area contributed by atoms with E-state index in [1.165, 1.54) is 56.9 Å². The van der Waals surface area contributed by atoms with Crippen LogP contribution in [0.5, 0.6) is 11.5 Å². The molecular weight excluding hydrogens is 536 g/mol. The number of benzene rings is 2. The monoisotopic (exact) mass is 582 g/mol. The molecule has 0 aromatic heterocycles. The smallest absolute Gasteiger partial charge is 0.335 e. The summed E-state index contributed by atoms with van der Waals surface area (Å²) in [5.41, 5.74) is 3.28. The highest BCUT2D eigenvalue weighted by Gasteiger charge is 2.22. The van der Waals surface area contributed by atoms with Crippen LogP contribution in [0.25, 0.3) is 11.1 Å². The van der Waals surface area contributed by atoms with Gasteiger partial charge < -0.3 is 29.2 Å². The zero-order valence-corrected chi connectivity index (χ0v) is 24.9. The van der Waals surface area contributed by atoms with Gasteiger partial charge in [0.05, 0.1) is 25.2 Å². The van der Waals surface area contributed by atoms with Crippen molar-refractivity contribution >= 4 is 11.9 Å². The first-order valence-electron chi connectivity index (χ1n) is 15.2. The fraction of sp³-hybridized carbons (Fsp3) is 0.529. The summed E-state index contributed by atoms with van der Waals surface area (Å²) in [5, 5.41) is 17.9. The molecule has 2 N–H and O–H groups in total. The van der Waals surface area contributed by atoms with Gasteiger partial charge in [-0.2, -0.15) is 0 Å². The van der Waals surface area contributed by atoms with Crippen LogP contribution in [0.2, 0.25) is 0 Å². The van der Waals surface area contributed by atoms with Crippen molar-refractivity contribution < 1.29 is 38.7 Å². The summed E-state index contributed by atoms with van der Waals surface area (Å²) in [6.07, 6.45) is 10.4. The lowest BCUT2D eigenvalue weighted by Crippen LogP contribution is -2.15. The summed E-state index contributed by atoms with van der Waals surface area (Å²) in [6, 6.07) is 14.2. The molecule has 0 radical (unpaired) electrons. The van der Waals surface area contributed by atoms with Crippen molar-refractivity contribution in [2.75, 3.05) is 39.6 Å². The second-order valence-electron chi connectivity index (χ2n) is 10.8. The summed E-state index contributed by atoms with van der Waals surface area (Å²) >= 11 is 0. The summed E-state index contributed by atoms with van der Waals surface area (Å²) < 4.78 is 21.8. The first-order chi connectivity index (χ1) is 20.4. The largest absolute Gasteiger partial charge is 0.490 e. The van der Waals surface area contributed by atoms with Crippen molar-refractivity contribution in [2.24, 2.45) is 5.92 Å². The number of rotatable bonds is 18. The molecule has 0 spiro atoms. The second-order valence-corrected chi connectivity index (χ2v) is 10.8. The Bertz CT molecular complexity index is 1120. The first kappa shape index (κ1) is 33.1. The Hall–Kier alpha value is -3.36. The van der Waals surface area contributed by atoms with Crippen LogP contribution < -0.4 is 9.47 Å².